The van der Waals surface area contributed by atoms with E-state index in [-0.39, 0.29) is 5.91 Å². The number of carbonyl (C=O) groups is 1. The molecule has 5 nitrogen and oxygen atoms in total. The topological polar surface area (TPSA) is 60.1 Å². The molecule has 2 aromatic heterocycles. The van der Waals surface area contributed by atoms with Crippen LogP contribution in [0.1, 0.15) is 29.6 Å². The number of nitrogens with one attached hydrogen (secondary N) is 1. The van der Waals surface area contributed by atoms with Crippen LogP contribution >= 0.6 is 11.6 Å². The van der Waals surface area contributed by atoms with Gasteiger partial charge >= 0.3 is 0 Å². The number of furan rings is 1. The van der Waals surface area contributed by atoms with Gasteiger partial charge in [0.15, 0.2) is 5.76 Å². The fourth-order valence-electron chi connectivity index (χ4n) is 2.37. The fourth-order valence-corrected chi connectivity index (χ4v) is 2.59. The van der Waals surface area contributed by atoms with Gasteiger partial charge in [0, 0.05) is 12.6 Å². The van der Waals surface area contributed by atoms with Gasteiger partial charge in [-0.15, -0.1) is 0 Å². The number of hydrogen-bond acceptors (Lipinski definition) is 3. The molecule has 124 valence electrons. The first-order valence-electron chi connectivity index (χ1n) is 7.80. The number of benzene rings is 1. The Labute approximate surface area is 145 Å². The normalized spacial score (nSPS) is 10.8. The van der Waals surface area contributed by atoms with Crippen LogP contribution in [0, 0.1) is 6.92 Å². The Morgan fingerprint density at radius 1 is 1.29 bits per heavy atom. The van der Waals surface area contributed by atoms with Gasteiger partial charge in [0.05, 0.1) is 10.7 Å². The Balaban J connectivity index is 2.09. The largest absolute Gasteiger partial charge is 0.460 e. The zero-order chi connectivity index (χ0) is 17.1. The number of aromatic nitrogens is 2. The molecule has 3 aromatic rings. The third-order valence-electron chi connectivity index (χ3n) is 3.55. The van der Waals surface area contributed by atoms with Gasteiger partial charge in [-0.25, -0.2) is 4.68 Å². The lowest BCUT2D eigenvalue weighted by atomic mass is 10.2. The SMILES string of the molecule is CCCNC(=O)c1cc(-c2ccc(C)o2)nn1-c1ccccc1Cl. The molecule has 0 aliphatic carbocycles. The van der Waals surface area contributed by atoms with Crippen molar-refractivity contribution in [1.29, 1.82) is 0 Å². The van der Waals surface area contributed by atoms with Gasteiger partial charge in [0.25, 0.3) is 5.91 Å². The van der Waals surface area contributed by atoms with Crippen LogP contribution in [0.25, 0.3) is 17.1 Å². The summed E-state index contributed by atoms with van der Waals surface area (Å²) in [4.78, 5) is 12.5. The molecule has 1 amide bonds. The van der Waals surface area contributed by atoms with Crippen molar-refractivity contribution in [3.05, 3.63) is 58.9 Å². The molecule has 0 saturated heterocycles. The van der Waals surface area contributed by atoms with Gasteiger partial charge in [-0.2, -0.15) is 5.10 Å². The highest BCUT2D eigenvalue weighted by atomic mass is 35.5. The van der Waals surface area contributed by atoms with E-state index in [2.05, 4.69) is 10.4 Å². The Bertz CT molecular complexity index is 867. The van der Waals surface area contributed by atoms with Crippen molar-refractivity contribution in [1.82, 2.24) is 15.1 Å². The maximum atomic E-state index is 12.5. The molecule has 24 heavy (non-hydrogen) atoms. The molecule has 6 heteroatoms. The lowest BCUT2D eigenvalue weighted by molar-refractivity contribution is 0.0946. The summed E-state index contributed by atoms with van der Waals surface area (Å²) >= 11 is 6.28. The first-order chi connectivity index (χ1) is 11.6. The molecule has 0 radical (unpaired) electrons. The minimum Gasteiger partial charge on any atom is -0.460 e. The summed E-state index contributed by atoms with van der Waals surface area (Å²) in [7, 11) is 0. The second-order valence-corrected chi connectivity index (χ2v) is 5.85. The summed E-state index contributed by atoms with van der Waals surface area (Å²) in [5.41, 5.74) is 1.65. The molecule has 0 spiro atoms. The maximum Gasteiger partial charge on any atom is 0.270 e. The molecule has 0 saturated carbocycles. The van der Waals surface area contributed by atoms with Crippen molar-refractivity contribution in [2.45, 2.75) is 20.3 Å². The number of amides is 1. The predicted octanol–water partition coefficient (Wildman–Crippen LogP) is 4.23. The molecular formula is C18H18ClN3O2. The van der Waals surface area contributed by atoms with Gasteiger partial charge in [-0.1, -0.05) is 30.7 Å². The van der Waals surface area contributed by atoms with E-state index in [0.717, 1.165) is 12.2 Å². The fraction of sp³-hybridized carbons (Fsp3) is 0.222. The second-order valence-electron chi connectivity index (χ2n) is 5.44. The number of hydrogen-bond donors (Lipinski definition) is 1. The van der Waals surface area contributed by atoms with E-state index in [9.17, 15) is 4.79 Å². The smallest absolute Gasteiger partial charge is 0.270 e. The van der Waals surface area contributed by atoms with E-state index in [0.29, 0.717) is 34.4 Å². The zero-order valence-electron chi connectivity index (χ0n) is 13.5. The van der Waals surface area contributed by atoms with Gasteiger partial charge in [-0.05, 0) is 37.6 Å². The average molecular weight is 344 g/mol. The van der Waals surface area contributed by atoms with E-state index in [4.69, 9.17) is 16.0 Å². The summed E-state index contributed by atoms with van der Waals surface area (Å²) in [5, 5.41) is 7.93. The maximum absolute atomic E-state index is 12.5. The van der Waals surface area contributed by atoms with E-state index in [1.807, 2.05) is 44.2 Å². The first kappa shape index (κ1) is 16.3. The Hall–Kier alpha value is -2.53. The molecule has 0 aliphatic rings. The van der Waals surface area contributed by atoms with Gasteiger partial charge in [0.1, 0.15) is 17.1 Å². The first-order valence-corrected chi connectivity index (χ1v) is 8.18. The summed E-state index contributed by atoms with van der Waals surface area (Å²) in [6, 6.07) is 12.7. The van der Waals surface area contributed by atoms with Gasteiger partial charge in [-0.3, -0.25) is 4.79 Å². The molecule has 2 heterocycles. The van der Waals surface area contributed by atoms with E-state index in [1.165, 1.54) is 0 Å². The third kappa shape index (κ3) is 3.21. The van der Waals surface area contributed by atoms with Gasteiger partial charge < -0.3 is 9.73 Å². The lowest BCUT2D eigenvalue weighted by Crippen LogP contribution is -2.26. The molecule has 0 unspecified atom stereocenters. The van der Waals surface area contributed by atoms with Crippen molar-refractivity contribution in [3.8, 4) is 17.1 Å². The predicted molar refractivity (Wildman–Crippen MR) is 93.6 cm³/mol. The summed E-state index contributed by atoms with van der Waals surface area (Å²) in [6.45, 7) is 4.47. The number of halogens is 1. The number of aryl methyl sites for hydroxylation is 1. The summed E-state index contributed by atoms with van der Waals surface area (Å²) < 4.78 is 7.18. The number of para-hydroxylation sites is 1. The quantitative estimate of drug-likeness (QED) is 0.754. The Morgan fingerprint density at radius 2 is 2.08 bits per heavy atom. The average Bonchev–Trinajstić information content (AvgIpc) is 3.19. The zero-order valence-corrected chi connectivity index (χ0v) is 14.3. The molecular weight excluding hydrogens is 326 g/mol. The molecule has 0 bridgehead atoms. The number of rotatable bonds is 5. The molecule has 1 N–H and O–H groups in total. The van der Waals surface area contributed by atoms with E-state index < -0.39 is 0 Å². The molecule has 0 aliphatic heterocycles. The van der Waals surface area contributed by atoms with Crippen molar-refractivity contribution in [2.75, 3.05) is 6.54 Å². The monoisotopic (exact) mass is 343 g/mol. The van der Waals surface area contributed by atoms with Crippen LogP contribution in [0.3, 0.4) is 0 Å². The van der Waals surface area contributed by atoms with E-state index in [1.54, 1.807) is 16.8 Å². The molecule has 0 fully saturated rings. The molecule has 0 atom stereocenters. The van der Waals surface area contributed by atoms with Crippen molar-refractivity contribution in [3.63, 3.8) is 0 Å². The highest BCUT2D eigenvalue weighted by Gasteiger charge is 2.19. The summed E-state index contributed by atoms with van der Waals surface area (Å²) in [5.74, 6) is 1.20. The van der Waals surface area contributed by atoms with Crippen LogP contribution in [0.4, 0.5) is 0 Å². The Morgan fingerprint density at radius 3 is 2.75 bits per heavy atom. The highest BCUT2D eigenvalue weighted by molar-refractivity contribution is 6.32. The van der Waals surface area contributed by atoms with Crippen LogP contribution < -0.4 is 5.32 Å². The van der Waals surface area contributed by atoms with Crippen LogP contribution in [0.15, 0.2) is 46.9 Å². The highest BCUT2D eigenvalue weighted by Crippen LogP contribution is 2.26. The Kier molecular flexibility index (Phi) is 4.71. The van der Waals surface area contributed by atoms with E-state index >= 15 is 0 Å². The van der Waals surface area contributed by atoms with Crippen molar-refractivity contribution < 1.29 is 9.21 Å². The summed E-state index contributed by atoms with van der Waals surface area (Å²) in [6.07, 6.45) is 0.857. The number of nitrogens with zero attached hydrogens (tertiary/aromatic N) is 2. The van der Waals surface area contributed by atoms with Crippen LogP contribution in [-0.2, 0) is 0 Å². The van der Waals surface area contributed by atoms with Crippen LogP contribution in [-0.4, -0.2) is 22.2 Å². The van der Waals surface area contributed by atoms with Crippen molar-refractivity contribution in [2.24, 2.45) is 0 Å². The second kappa shape index (κ2) is 6.93. The molecule has 3 rings (SSSR count). The minimum absolute atomic E-state index is 0.196. The van der Waals surface area contributed by atoms with Crippen LogP contribution in [0.2, 0.25) is 5.02 Å². The standard InChI is InChI=1S/C18H18ClN3O2/c1-3-10-20-18(23)16-11-14(17-9-8-12(2)24-17)21-22(16)15-7-5-4-6-13(15)19/h4-9,11H,3,10H2,1-2H3,(H,20,23). The van der Waals surface area contributed by atoms with Crippen molar-refractivity contribution >= 4 is 17.5 Å². The molecule has 1 aromatic carbocycles. The van der Waals surface area contributed by atoms with Crippen LogP contribution in [0.5, 0.6) is 0 Å². The minimum atomic E-state index is -0.196. The lowest BCUT2D eigenvalue weighted by Gasteiger charge is -2.09. The van der Waals surface area contributed by atoms with Gasteiger partial charge in [0.2, 0.25) is 0 Å². The number of carbonyl (C=O) groups excluding carboxylic acids is 1. The third-order valence-corrected chi connectivity index (χ3v) is 3.87.